The number of fused-ring (bicyclic) bond motifs is 2. The SMILES string of the molecule is Cc1ccc2cc3c(nc2c1)NCC(C)O3. The third-order valence-electron chi connectivity index (χ3n) is 2.82. The maximum Gasteiger partial charge on any atom is 0.169 e. The van der Waals surface area contributed by atoms with Gasteiger partial charge >= 0.3 is 0 Å². The molecule has 1 aliphatic rings. The van der Waals surface area contributed by atoms with Gasteiger partial charge in [0.1, 0.15) is 6.10 Å². The van der Waals surface area contributed by atoms with Gasteiger partial charge in [-0.2, -0.15) is 0 Å². The maximum absolute atomic E-state index is 5.75. The van der Waals surface area contributed by atoms with Crippen LogP contribution in [0.5, 0.6) is 5.75 Å². The summed E-state index contributed by atoms with van der Waals surface area (Å²) in [5, 5.41) is 4.41. The summed E-state index contributed by atoms with van der Waals surface area (Å²) in [5.74, 6) is 1.71. The molecule has 0 fully saturated rings. The Morgan fingerprint density at radius 2 is 2.25 bits per heavy atom. The van der Waals surface area contributed by atoms with Crippen LogP contribution in [0, 0.1) is 6.92 Å². The monoisotopic (exact) mass is 214 g/mol. The Balaban J connectivity index is 2.19. The van der Waals surface area contributed by atoms with Crippen LogP contribution in [0.15, 0.2) is 24.3 Å². The van der Waals surface area contributed by atoms with Crippen molar-refractivity contribution in [3.8, 4) is 5.75 Å². The molecule has 0 saturated carbocycles. The second kappa shape index (κ2) is 3.37. The minimum Gasteiger partial charge on any atom is -0.485 e. The second-order valence-electron chi connectivity index (χ2n) is 4.34. The first kappa shape index (κ1) is 9.46. The minimum absolute atomic E-state index is 0.206. The molecule has 1 unspecified atom stereocenters. The Kier molecular flexibility index (Phi) is 1.99. The number of aromatic nitrogens is 1. The molecule has 0 spiro atoms. The van der Waals surface area contributed by atoms with Crippen LogP contribution in [0.4, 0.5) is 5.82 Å². The van der Waals surface area contributed by atoms with E-state index in [9.17, 15) is 0 Å². The summed E-state index contributed by atoms with van der Waals surface area (Å²) in [4.78, 5) is 4.57. The first-order valence-corrected chi connectivity index (χ1v) is 5.54. The normalized spacial score (nSPS) is 18.8. The molecule has 16 heavy (non-hydrogen) atoms. The van der Waals surface area contributed by atoms with E-state index < -0.39 is 0 Å². The average molecular weight is 214 g/mol. The van der Waals surface area contributed by atoms with Crippen LogP contribution in [0.25, 0.3) is 10.9 Å². The molecule has 82 valence electrons. The van der Waals surface area contributed by atoms with Gasteiger partial charge in [-0.15, -0.1) is 0 Å². The third kappa shape index (κ3) is 1.48. The van der Waals surface area contributed by atoms with Crippen LogP contribution >= 0.6 is 0 Å². The number of rotatable bonds is 0. The number of aryl methyl sites for hydroxylation is 1. The summed E-state index contributed by atoms with van der Waals surface area (Å²) >= 11 is 0. The van der Waals surface area contributed by atoms with Gasteiger partial charge in [-0.1, -0.05) is 12.1 Å². The maximum atomic E-state index is 5.75. The van der Waals surface area contributed by atoms with E-state index >= 15 is 0 Å². The Hall–Kier alpha value is -1.77. The van der Waals surface area contributed by atoms with Crippen molar-refractivity contribution in [1.29, 1.82) is 0 Å². The quantitative estimate of drug-likeness (QED) is 0.732. The van der Waals surface area contributed by atoms with Crippen LogP contribution in [0.3, 0.4) is 0 Å². The molecule has 3 nitrogen and oxygen atoms in total. The van der Waals surface area contributed by atoms with E-state index in [0.717, 1.165) is 29.0 Å². The van der Waals surface area contributed by atoms with Gasteiger partial charge in [0.2, 0.25) is 0 Å². The van der Waals surface area contributed by atoms with Crippen molar-refractivity contribution in [3.05, 3.63) is 29.8 Å². The van der Waals surface area contributed by atoms with E-state index in [1.807, 2.05) is 0 Å². The molecule has 0 radical (unpaired) electrons. The molecular weight excluding hydrogens is 200 g/mol. The van der Waals surface area contributed by atoms with Crippen molar-refractivity contribution in [2.24, 2.45) is 0 Å². The lowest BCUT2D eigenvalue weighted by molar-refractivity contribution is 0.225. The van der Waals surface area contributed by atoms with Crippen LogP contribution in [-0.4, -0.2) is 17.6 Å². The fourth-order valence-corrected chi connectivity index (χ4v) is 1.97. The molecule has 1 aromatic carbocycles. The fourth-order valence-electron chi connectivity index (χ4n) is 1.97. The lowest BCUT2D eigenvalue weighted by Gasteiger charge is -2.24. The van der Waals surface area contributed by atoms with Crippen LogP contribution < -0.4 is 10.1 Å². The van der Waals surface area contributed by atoms with Crippen molar-refractivity contribution in [1.82, 2.24) is 4.98 Å². The largest absolute Gasteiger partial charge is 0.485 e. The number of nitrogens with zero attached hydrogens (tertiary/aromatic N) is 1. The summed E-state index contributed by atoms with van der Waals surface area (Å²) in [6.45, 7) is 4.94. The van der Waals surface area contributed by atoms with Gasteiger partial charge in [0.15, 0.2) is 11.6 Å². The van der Waals surface area contributed by atoms with Crippen molar-refractivity contribution in [3.63, 3.8) is 0 Å². The van der Waals surface area contributed by atoms with Gasteiger partial charge < -0.3 is 10.1 Å². The molecular formula is C13H14N2O. The van der Waals surface area contributed by atoms with E-state index in [1.165, 1.54) is 5.56 Å². The van der Waals surface area contributed by atoms with Crippen LogP contribution in [0.2, 0.25) is 0 Å². The smallest absolute Gasteiger partial charge is 0.169 e. The summed E-state index contributed by atoms with van der Waals surface area (Å²) in [6, 6.07) is 8.33. The number of ether oxygens (including phenoxy) is 1. The predicted octanol–water partition coefficient (Wildman–Crippen LogP) is 2.74. The topological polar surface area (TPSA) is 34.2 Å². The summed E-state index contributed by atoms with van der Waals surface area (Å²) in [5.41, 5.74) is 2.24. The molecule has 2 heterocycles. The van der Waals surface area contributed by atoms with Gasteiger partial charge in [-0.3, -0.25) is 0 Å². The number of nitrogens with one attached hydrogen (secondary N) is 1. The minimum atomic E-state index is 0.206. The molecule has 1 aliphatic heterocycles. The lowest BCUT2D eigenvalue weighted by Crippen LogP contribution is -2.28. The van der Waals surface area contributed by atoms with E-state index in [4.69, 9.17) is 4.74 Å². The highest BCUT2D eigenvalue weighted by molar-refractivity contribution is 5.83. The molecule has 1 atom stereocenters. The molecule has 3 rings (SSSR count). The molecule has 0 bridgehead atoms. The van der Waals surface area contributed by atoms with Crippen molar-refractivity contribution in [2.45, 2.75) is 20.0 Å². The molecule has 2 aromatic rings. The van der Waals surface area contributed by atoms with Gasteiger partial charge in [0.05, 0.1) is 12.1 Å². The summed E-state index contributed by atoms with van der Waals surface area (Å²) in [7, 11) is 0. The van der Waals surface area contributed by atoms with Crippen LogP contribution in [0.1, 0.15) is 12.5 Å². The van der Waals surface area contributed by atoms with Crippen molar-refractivity contribution >= 4 is 16.7 Å². The number of anilines is 1. The van der Waals surface area contributed by atoms with E-state index in [-0.39, 0.29) is 6.10 Å². The van der Waals surface area contributed by atoms with Gasteiger partial charge in [-0.05, 0) is 31.5 Å². The first-order chi connectivity index (χ1) is 7.72. The Bertz CT molecular complexity index is 551. The highest BCUT2D eigenvalue weighted by Crippen LogP contribution is 2.30. The van der Waals surface area contributed by atoms with Crippen molar-refractivity contribution < 1.29 is 4.74 Å². The van der Waals surface area contributed by atoms with Gasteiger partial charge in [-0.25, -0.2) is 4.98 Å². The fraction of sp³-hybridized carbons (Fsp3) is 0.308. The van der Waals surface area contributed by atoms with E-state index in [1.54, 1.807) is 0 Å². The number of hydrogen-bond donors (Lipinski definition) is 1. The lowest BCUT2D eigenvalue weighted by atomic mass is 10.1. The average Bonchev–Trinajstić information content (AvgIpc) is 2.26. The Morgan fingerprint density at radius 1 is 1.38 bits per heavy atom. The molecule has 3 heteroatoms. The summed E-state index contributed by atoms with van der Waals surface area (Å²) in [6.07, 6.45) is 0.206. The number of pyridine rings is 1. The van der Waals surface area contributed by atoms with Gasteiger partial charge in [0, 0.05) is 5.39 Å². The number of hydrogen-bond acceptors (Lipinski definition) is 3. The zero-order valence-corrected chi connectivity index (χ0v) is 9.45. The zero-order valence-electron chi connectivity index (χ0n) is 9.45. The Labute approximate surface area is 94.5 Å². The predicted molar refractivity (Wildman–Crippen MR) is 65.1 cm³/mol. The second-order valence-corrected chi connectivity index (χ2v) is 4.34. The molecule has 1 aromatic heterocycles. The standard InChI is InChI=1S/C13H14N2O/c1-8-3-4-10-6-12-13(15-11(10)5-8)14-7-9(2)16-12/h3-6,9H,7H2,1-2H3,(H,14,15). The zero-order chi connectivity index (χ0) is 11.1. The van der Waals surface area contributed by atoms with E-state index in [2.05, 4.69) is 48.4 Å². The van der Waals surface area contributed by atoms with Crippen LogP contribution in [-0.2, 0) is 0 Å². The third-order valence-corrected chi connectivity index (χ3v) is 2.82. The first-order valence-electron chi connectivity index (χ1n) is 5.54. The van der Waals surface area contributed by atoms with E-state index in [0.29, 0.717) is 0 Å². The highest BCUT2D eigenvalue weighted by Gasteiger charge is 2.17. The van der Waals surface area contributed by atoms with Gasteiger partial charge in [0.25, 0.3) is 0 Å². The summed E-state index contributed by atoms with van der Waals surface area (Å²) < 4.78 is 5.75. The number of benzene rings is 1. The van der Waals surface area contributed by atoms with Crippen molar-refractivity contribution in [2.75, 3.05) is 11.9 Å². The highest BCUT2D eigenvalue weighted by atomic mass is 16.5. The molecule has 0 amide bonds. The molecule has 0 saturated heterocycles. The Morgan fingerprint density at radius 3 is 3.12 bits per heavy atom. The molecule has 1 N–H and O–H groups in total. The molecule has 0 aliphatic carbocycles.